The molecule has 4 rings (SSSR count). The summed E-state index contributed by atoms with van der Waals surface area (Å²) in [6.45, 7) is 5.13. The molecule has 0 saturated carbocycles. The first kappa shape index (κ1) is 22.7. The van der Waals surface area contributed by atoms with Crippen LogP contribution in [0.1, 0.15) is 42.2 Å². The molecule has 4 N–H and O–H groups in total. The van der Waals surface area contributed by atoms with Gasteiger partial charge in [-0.05, 0) is 55.9 Å². The first-order chi connectivity index (χ1) is 15.6. The van der Waals surface area contributed by atoms with Gasteiger partial charge in [0.25, 0.3) is 0 Å². The second-order valence-corrected chi connectivity index (χ2v) is 8.72. The molecule has 0 bridgehead atoms. The number of methoxy groups -OCH3 is 1. The highest BCUT2D eigenvalue weighted by molar-refractivity contribution is 5.46. The van der Waals surface area contributed by atoms with E-state index in [0.29, 0.717) is 6.73 Å². The first-order valence-electron chi connectivity index (χ1n) is 11.5. The van der Waals surface area contributed by atoms with E-state index in [1.807, 2.05) is 13.2 Å². The van der Waals surface area contributed by atoms with Gasteiger partial charge in [0.1, 0.15) is 18.7 Å². The number of benzene rings is 1. The van der Waals surface area contributed by atoms with Crippen molar-refractivity contribution < 1.29 is 14.2 Å². The number of hydrogen-bond donors (Lipinski definition) is 3. The maximum atomic E-state index is 6.13. The number of aryl methyl sites for hydroxylation is 1. The van der Waals surface area contributed by atoms with Crippen LogP contribution in [0.3, 0.4) is 0 Å². The minimum atomic E-state index is -0.122. The fraction of sp³-hybridized carbons (Fsp3) is 0.520. The van der Waals surface area contributed by atoms with Gasteiger partial charge in [0.05, 0.1) is 17.5 Å². The number of hydrogen-bond acceptors (Lipinski definition) is 7. The summed E-state index contributed by atoms with van der Waals surface area (Å²) in [6.07, 6.45) is 10.3. The monoisotopic (exact) mass is 440 g/mol. The van der Waals surface area contributed by atoms with Gasteiger partial charge in [0.15, 0.2) is 0 Å². The molecular formula is C25H36N4O3. The number of fused-ring (bicyclic) bond motifs is 1. The zero-order chi connectivity index (χ0) is 22.5. The molecule has 1 aromatic carbocycles. The fourth-order valence-corrected chi connectivity index (χ4v) is 4.67. The molecule has 3 aliphatic rings. The largest absolute Gasteiger partial charge is 0.478 e. The van der Waals surface area contributed by atoms with Gasteiger partial charge < -0.3 is 30.6 Å². The molecule has 3 heterocycles. The van der Waals surface area contributed by atoms with E-state index in [4.69, 9.17) is 19.9 Å². The Morgan fingerprint density at radius 1 is 1.38 bits per heavy atom. The van der Waals surface area contributed by atoms with E-state index in [1.165, 1.54) is 16.7 Å². The lowest BCUT2D eigenvalue weighted by atomic mass is 9.95. The molecule has 2 unspecified atom stereocenters. The van der Waals surface area contributed by atoms with Crippen molar-refractivity contribution in [3.05, 3.63) is 64.1 Å². The summed E-state index contributed by atoms with van der Waals surface area (Å²) < 4.78 is 17.9. The summed E-state index contributed by atoms with van der Waals surface area (Å²) in [4.78, 5) is 2.23. The molecule has 1 fully saturated rings. The molecule has 174 valence electrons. The van der Waals surface area contributed by atoms with Crippen LogP contribution in [0.4, 0.5) is 0 Å². The number of nitrogens with one attached hydrogen (secondary N) is 2. The lowest BCUT2D eigenvalue weighted by molar-refractivity contribution is -0.101. The van der Waals surface area contributed by atoms with Crippen molar-refractivity contribution >= 4 is 0 Å². The van der Waals surface area contributed by atoms with E-state index < -0.39 is 0 Å². The second kappa shape index (κ2) is 10.4. The number of ether oxygens (including phenoxy) is 3. The predicted octanol–water partition coefficient (Wildman–Crippen LogP) is 2.84. The van der Waals surface area contributed by atoms with Crippen LogP contribution in [0.5, 0.6) is 5.75 Å². The van der Waals surface area contributed by atoms with Gasteiger partial charge in [0.2, 0.25) is 0 Å². The lowest BCUT2D eigenvalue weighted by Gasteiger charge is -2.37. The molecule has 0 aromatic heterocycles. The Labute approximate surface area is 191 Å². The Kier molecular flexibility index (Phi) is 7.40. The maximum Gasteiger partial charge on any atom is 0.144 e. The van der Waals surface area contributed by atoms with Crippen LogP contribution in [-0.4, -0.2) is 51.6 Å². The number of allylic oxidation sites excluding steroid dienone is 2. The number of nitrogens with zero attached hydrogens (tertiary/aromatic N) is 1. The summed E-state index contributed by atoms with van der Waals surface area (Å²) in [5, 5.41) is 6.46. The Balaban J connectivity index is 1.48. The van der Waals surface area contributed by atoms with Gasteiger partial charge >= 0.3 is 0 Å². The van der Waals surface area contributed by atoms with Crippen molar-refractivity contribution in [2.45, 2.75) is 44.9 Å². The molecular weight excluding hydrogens is 404 g/mol. The SMILES string of the molecule is CN/C=C(\N)C1=CCC=C(Cc2cc3c(cc2C)OCN(CC2CCCO2)C3OC)CN1. The van der Waals surface area contributed by atoms with E-state index >= 15 is 0 Å². The van der Waals surface area contributed by atoms with Crippen molar-refractivity contribution in [2.24, 2.45) is 5.73 Å². The minimum absolute atomic E-state index is 0.122. The van der Waals surface area contributed by atoms with E-state index in [-0.39, 0.29) is 12.3 Å². The van der Waals surface area contributed by atoms with Crippen LogP contribution in [-0.2, 0) is 15.9 Å². The van der Waals surface area contributed by atoms with E-state index in [0.717, 1.165) is 68.1 Å². The number of rotatable bonds is 7. The molecule has 7 nitrogen and oxygen atoms in total. The highest BCUT2D eigenvalue weighted by Gasteiger charge is 2.32. The standard InChI is InChI=1S/C25H36N4O3/c1-17-10-24-21(25(30-3)29(16-32-24)15-20-7-5-9-31-20)12-19(17)11-18-6-4-8-23(28-13-18)22(26)14-27-2/h6,8,10,12,14,20,25,27-28H,4-5,7,9,11,13,15-16,26H2,1-3H3/b22-14-. The van der Waals surface area contributed by atoms with Crippen LogP contribution in [0, 0.1) is 6.92 Å². The molecule has 3 aliphatic heterocycles. The van der Waals surface area contributed by atoms with Crippen molar-refractivity contribution in [1.29, 1.82) is 0 Å². The molecule has 0 radical (unpaired) electrons. The van der Waals surface area contributed by atoms with E-state index in [2.05, 4.69) is 46.7 Å². The van der Waals surface area contributed by atoms with Gasteiger partial charge in [0, 0.05) is 45.6 Å². The molecule has 7 heteroatoms. The first-order valence-corrected chi connectivity index (χ1v) is 11.5. The highest BCUT2D eigenvalue weighted by Crippen LogP contribution is 2.37. The van der Waals surface area contributed by atoms with Gasteiger partial charge in [-0.25, -0.2) is 4.90 Å². The Morgan fingerprint density at radius 3 is 3.00 bits per heavy atom. The Hall–Kier alpha value is -2.48. The topological polar surface area (TPSA) is 81.0 Å². The van der Waals surface area contributed by atoms with Crippen LogP contribution in [0.15, 0.2) is 47.5 Å². The third-order valence-corrected chi connectivity index (χ3v) is 6.40. The average Bonchev–Trinajstić information content (AvgIpc) is 3.18. The summed E-state index contributed by atoms with van der Waals surface area (Å²) in [6, 6.07) is 4.41. The fourth-order valence-electron chi connectivity index (χ4n) is 4.67. The average molecular weight is 441 g/mol. The summed E-state index contributed by atoms with van der Waals surface area (Å²) in [5.74, 6) is 0.920. The second-order valence-electron chi connectivity index (χ2n) is 8.72. The molecule has 1 aromatic rings. The third-order valence-electron chi connectivity index (χ3n) is 6.40. The molecule has 1 saturated heterocycles. The van der Waals surface area contributed by atoms with Crippen molar-refractivity contribution in [2.75, 3.05) is 40.6 Å². The highest BCUT2D eigenvalue weighted by atomic mass is 16.5. The predicted molar refractivity (Wildman–Crippen MR) is 126 cm³/mol. The molecule has 32 heavy (non-hydrogen) atoms. The summed E-state index contributed by atoms with van der Waals surface area (Å²) in [5.41, 5.74) is 12.8. The minimum Gasteiger partial charge on any atom is -0.478 e. The number of nitrogens with two attached hydrogens (primary N) is 1. The van der Waals surface area contributed by atoms with Crippen molar-refractivity contribution in [3.8, 4) is 5.75 Å². The Bertz CT molecular complexity index is 903. The van der Waals surface area contributed by atoms with Gasteiger partial charge in [-0.3, -0.25) is 0 Å². The molecule has 2 atom stereocenters. The van der Waals surface area contributed by atoms with Gasteiger partial charge in [-0.15, -0.1) is 0 Å². The summed E-state index contributed by atoms with van der Waals surface area (Å²) in [7, 11) is 3.63. The van der Waals surface area contributed by atoms with E-state index in [1.54, 1.807) is 7.11 Å². The van der Waals surface area contributed by atoms with Crippen LogP contribution in [0.2, 0.25) is 0 Å². The van der Waals surface area contributed by atoms with Gasteiger partial charge in [-0.1, -0.05) is 17.7 Å². The zero-order valence-corrected chi connectivity index (χ0v) is 19.4. The maximum absolute atomic E-state index is 6.13. The Morgan fingerprint density at radius 2 is 2.25 bits per heavy atom. The summed E-state index contributed by atoms with van der Waals surface area (Å²) >= 11 is 0. The lowest BCUT2D eigenvalue weighted by Crippen LogP contribution is -2.42. The molecule has 0 amide bonds. The van der Waals surface area contributed by atoms with Crippen LogP contribution >= 0.6 is 0 Å². The van der Waals surface area contributed by atoms with Crippen LogP contribution in [0.25, 0.3) is 0 Å². The van der Waals surface area contributed by atoms with E-state index in [9.17, 15) is 0 Å². The molecule has 0 aliphatic carbocycles. The third kappa shape index (κ3) is 5.11. The van der Waals surface area contributed by atoms with Crippen molar-refractivity contribution in [1.82, 2.24) is 15.5 Å². The zero-order valence-electron chi connectivity index (χ0n) is 19.4. The van der Waals surface area contributed by atoms with Gasteiger partial charge in [-0.2, -0.15) is 0 Å². The van der Waals surface area contributed by atoms with Crippen LogP contribution < -0.4 is 21.1 Å². The normalized spacial score (nSPS) is 24.0. The smallest absolute Gasteiger partial charge is 0.144 e. The quantitative estimate of drug-likeness (QED) is 0.563. The molecule has 0 spiro atoms. The van der Waals surface area contributed by atoms with Crippen molar-refractivity contribution in [3.63, 3.8) is 0 Å².